The Balaban J connectivity index is 0.814. The molecule has 1 aliphatic carbocycles. The lowest BCUT2D eigenvalue weighted by Crippen LogP contribution is -2.62. The van der Waals surface area contributed by atoms with E-state index >= 15 is 0 Å². The third-order valence-corrected chi connectivity index (χ3v) is 15.4. The molecule has 1 unspecified atom stereocenters. The highest BCUT2D eigenvalue weighted by Crippen LogP contribution is 2.36. The van der Waals surface area contributed by atoms with Crippen LogP contribution in [0.2, 0.25) is 0 Å². The number of halogens is 1. The van der Waals surface area contributed by atoms with E-state index < -0.39 is 41.4 Å². The summed E-state index contributed by atoms with van der Waals surface area (Å²) in [6.07, 6.45) is 9.23. The molecule has 80 heavy (non-hydrogen) atoms. The molecule has 3 aliphatic rings. The number of amides is 5. The number of nitriles is 1. The lowest BCUT2D eigenvalue weighted by molar-refractivity contribution is -0.147. The number of anilines is 1. The van der Waals surface area contributed by atoms with Gasteiger partial charge in [0.2, 0.25) is 23.6 Å². The van der Waals surface area contributed by atoms with Crippen LogP contribution in [0.5, 0.6) is 11.6 Å². The van der Waals surface area contributed by atoms with Crippen molar-refractivity contribution in [3.05, 3.63) is 117 Å². The Labute approximate surface area is 467 Å². The Bertz CT molecular complexity index is 3130. The van der Waals surface area contributed by atoms with E-state index in [0.29, 0.717) is 48.4 Å². The molecule has 2 bridgehead atoms. The summed E-state index contributed by atoms with van der Waals surface area (Å²) in [5.41, 5.74) is 11.3. The molecule has 20 heteroatoms. The normalized spacial score (nSPS) is 17.6. The van der Waals surface area contributed by atoms with Crippen molar-refractivity contribution in [3.63, 3.8) is 0 Å². The molecule has 0 radical (unpaired) electrons. The molecule has 0 spiro atoms. The summed E-state index contributed by atoms with van der Waals surface area (Å²) >= 11 is 0. The highest BCUT2D eigenvalue weighted by Gasteiger charge is 2.43. The van der Waals surface area contributed by atoms with Crippen LogP contribution in [0.3, 0.4) is 0 Å². The Morgan fingerprint density at radius 2 is 1.74 bits per heavy atom. The molecule has 0 saturated carbocycles. The summed E-state index contributed by atoms with van der Waals surface area (Å²) < 4.78 is 28.4. The van der Waals surface area contributed by atoms with Crippen LogP contribution >= 0.6 is 0 Å². The molecule has 19 nitrogen and oxygen atoms in total. The van der Waals surface area contributed by atoms with Crippen LogP contribution in [-0.4, -0.2) is 104 Å². The number of hydrogen-bond acceptors (Lipinski definition) is 13. The number of aryl methyl sites for hydroxylation is 1. The zero-order chi connectivity index (χ0) is 57.3. The number of nitrogen functional groups attached to an aromatic ring is 1. The maximum atomic E-state index is 14.8. The van der Waals surface area contributed by atoms with Crippen LogP contribution in [0.4, 0.5) is 10.2 Å². The molecule has 2 aliphatic heterocycles. The standard InChI is InChI=1S/C60H75FN12O7/c1-36(64-6)55(75)69-53(60(3,4)5)59(78)72-34-40-29-42(24-22-39(40)30-49(72)56(76)67-46-20-16-18-38-17-13-14-19-43(38)46)79-28-15-11-9-8-10-12-21-51(74)65-26-27-73-50-35-71(7)58(77)44-25-23-41(61)31-45(44)37(2)80-57-54(63)66-33-48(68-57)52(50)47(32-62)70-73/h13-14,17,19,22-25,29,31,33,36-37,46,49,53,64H,8-12,15-16,18,20-21,26-28,30,34-35H2,1-7H3,(H2,63,66)(H,65,74)(H,67,76)(H,69,75)/t36-,37-,46?,49-,53+/m1/s1. The fraction of sp³-hybridized carbons (Fsp3) is 0.483. The van der Waals surface area contributed by atoms with Gasteiger partial charge in [0.15, 0.2) is 11.5 Å². The lowest BCUT2D eigenvalue weighted by Gasteiger charge is -2.41. The van der Waals surface area contributed by atoms with Crippen molar-refractivity contribution in [1.29, 1.82) is 5.26 Å². The highest BCUT2D eigenvalue weighted by molar-refractivity contribution is 5.96. The third kappa shape index (κ3) is 13.7. The van der Waals surface area contributed by atoms with Gasteiger partial charge in [-0.2, -0.15) is 10.4 Å². The van der Waals surface area contributed by atoms with Crippen molar-refractivity contribution in [3.8, 4) is 29.0 Å². The van der Waals surface area contributed by atoms with Crippen LogP contribution in [0.15, 0.2) is 66.9 Å². The predicted octanol–water partition coefficient (Wildman–Crippen LogP) is 7.17. The number of fused-ring (bicyclic) bond motifs is 7. The van der Waals surface area contributed by atoms with Crippen LogP contribution in [0.25, 0.3) is 11.3 Å². The average molecular weight is 1100 g/mol. The number of likely N-dealkylation sites (N-methyl/N-ethyl adjacent to an activating group) is 1. The van der Waals surface area contributed by atoms with Crippen molar-refractivity contribution in [1.82, 2.24) is 50.8 Å². The van der Waals surface area contributed by atoms with E-state index in [9.17, 15) is 33.6 Å². The van der Waals surface area contributed by atoms with Crippen molar-refractivity contribution >= 4 is 35.4 Å². The average Bonchev–Trinajstić information content (AvgIpc) is 3.81. The number of benzene rings is 3. The van der Waals surface area contributed by atoms with Crippen molar-refractivity contribution < 1.29 is 37.8 Å². The van der Waals surface area contributed by atoms with E-state index in [1.54, 1.807) is 37.5 Å². The number of carbonyl (C=O) groups is 5. The number of ether oxygens (including phenoxy) is 2. The van der Waals surface area contributed by atoms with E-state index in [2.05, 4.69) is 54.5 Å². The van der Waals surface area contributed by atoms with E-state index in [-0.39, 0.29) is 84.5 Å². The van der Waals surface area contributed by atoms with Crippen LogP contribution in [0, 0.1) is 22.6 Å². The first-order chi connectivity index (χ1) is 38.3. The summed E-state index contributed by atoms with van der Waals surface area (Å²) in [6.45, 7) is 10.2. The van der Waals surface area contributed by atoms with Crippen molar-refractivity contribution in [2.75, 3.05) is 33.0 Å². The molecule has 4 heterocycles. The van der Waals surface area contributed by atoms with Crippen LogP contribution < -0.4 is 36.5 Å². The Morgan fingerprint density at radius 1 is 0.975 bits per heavy atom. The van der Waals surface area contributed by atoms with Gasteiger partial charge in [0.1, 0.15) is 35.8 Å². The van der Waals surface area contributed by atoms with Gasteiger partial charge in [0.05, 0.1) is 54.9 Å². The van der Waals surface area contributed by atoms with Gasteiger partial charge in [-0.15, -0.1) is 0 Å². The number of aromatic nitrogens is 4. The second kappa shape index (κ2) is 25.9. The van der Waals surface area contributed by atoms with Crippen molar-refractivity contribution in [2.24, 2.45) is 5.41 Å². The molecular weight excluding hydrogens is 1020 g/mol. The molecular formula is C60H75FN12O7. The largest absolute Gasteiger partial charge is 0.494 e. The smallest absolute Gasteiger partial charge is 0.258 e. The molecule has 3 aromatic carbocycles. The first kappa shape index (κ1) is 58.2. The molecule has 5 amide bonds. The minimum absolute atomic E-state index is 0.00589. The van der Waals surface area contributed by atoms with E-state index in [4.69, 9.17) is 15.2 Å². The summed E-state index contributed by atoms with van der Waals surface area (Å²) in [7, 11) is 3.29. The predicted molar refractivity (Wildman–Crippen MR) is 299 cm³/mol. The minimum Gasteiger partial charge on any atom is -0.494 e. The molecule has 2 aromatic heterocycles. The summed E-state index contributed by atoms with van der Waals surface area (Å²) in [5.74, 6) is -1.27. The lowest BCUT2D eigenvalue weighted by atomic mass is 9.83. The van der Waals surface area contributed by atoms with E-state index in [1.165, 1.54) is 34.9 Å². The summed E-state index contributed by atoms with van der Waals surface area (Å²) in [5, 5.41) is 27.0. The molecule has 0 fully saturated rings. The number of nitrogens with two attached hydrogens (primary N) is 1. The zero-order valence-electron chi connectivity index (χ0n) is 47.0. The SMILES string of the molecule is CN[C@H](C)C(=O)N[C@@H](C(=O)N1Cc2cc(OCCCCCCCCC(=O)NCCn3nc(C#N)c4c3CN(C)C(=O)c3ccc(F)cc3[C@@H](C)Oc3nc-4cnc3N)ccc2C[C@@H]1C(=O)NC1CCCc2ccccc21)C(C)(C)C. The monoisotopic (exact) mass is 1090 g/mol. The number of unbranched alkanes of at least 4 members (excludes halogenated alkanes) is 5. The topological polar surface area (TPSA) is 252 Å². The highest BCUT2D eigenvalue weighted by atomic mass is 19.1. The number of nitrogens with zero attached hydrogens (tertiary/aromatic N) is 7. The van der Waals surface area contributed by atoms with Gasteiger partial charge >= 0.3 is 0 Å². The van der Waals surface area contributed by atoms with Gasteiger partial charge in [-0.3, -0.25) is 28.7 Å². The molecule has 0 saturated heterocycles. The Hall–Kier alpha value is -7.92. The Kier molecular flexibility index (Phi) is 18.9. The van der Waals surface area contributed by atoms with Gasteiger partial charge in [0.25, 0.3) is 11.8 Å². The Morgan fingerprint density at radius 3 is 2.50 bits per heavy atom. The number of nitrogens with one attached hydrogen (secondary N) is 4. The summed E-state index contributed by atoms with van der Waals surface area (Å²) in [6, 6.07) is 17.7. The van der Waals surface area contributed by atoms with Crippen LogP contribution in [-0.2, 0) is 51.7 Å². The minimum atomic E-state index is -0.885. The van der Waals surface area contributed by atoms with Gasteiger partial charge in [-0.1, -0.05) is 76.8 Å². The van der Waals surface area contributed by atoms with E-state index in [0.717, 1.165) is 68.1 Å². The molecule has 8 rings (SSSR count). The molecule has 5 atom stereocenters. The number of hydrogen-bond donors (Lipinski definition) is 5. The number of rotatable bonds is 19. The van der Waals surface area contributed by atoms with Gasteiger partial charge in [-0.25, -0.2) is 14.4 Å². The van der Waals surface area contributed by atoms with E-state index in [1.807, 2.05) is 51.1 Å². The third-order valence-electron chi connectivity index (χ3n) is 15.4. The fourth-order valence-corrected chi connectivity index (χ4v) is 10.8. The second-order valence-electron chi connectivity index (χ2n) is 22.3. The quantitative estimate of drug-likeness (QED) is 0.0515. The van der Waals surface area contributed by atoms with Gasteiger partial charge in [0, 0.05) is 44.1 Å². The second-order valence-corrected chi connectivity index (χ2v) is 22.3. The maximum absolute atomic E-state index is 14.8. The van der Waals surface area contributed by atoms with Gasteiger partial charge < -0.3 is 46.3 Å². The first-order valence-corrected chi connectivity index (χ1v) is 27.9. The fourth-order valence-electron chi connectivity index (χ4n) is 10.8. The maximum Gasteiger partial charge on any atom is 0.258 e. The molecule has 6 N–H and O–H groups in total. The van der Waals surface area contributed by atoms with Gasteiger partial charge in [-0.05, 0) is 111 Å². The van der Waals surface area contributed by atoms with Crippen LogP contribution in [0.1, 0.15) is 154 Å². The van der Waals surface area contributed by atoms with Crippen molar-refractivity contribution in [2.45, 2.75) is 155 Å². The first-order valence-electron chi connectivity index (χ1n) is 27.9. The zero-order valence-corrected chi connectivity index (χ0v) is 47.0. The molecule has 424 valence electrons. The summed E-state index contributed by atoms with van der Waals surface area (Å²) in [4.78, 5) is 81.2. The molecule has 5 aromatic rings. The number of carbonyl (C=O) groups excluding carboxylic acids is 5.